The maximum atomic E-state index is 14.9. The van der Waals surface area contributed by atoms with Crippen LogP contribution in [0.4, 0.5) is 19.9 Å². The first-order valence-corrected chi connectivity index (χ1v) is 46.9. The molecular weight excluding hydrogens is 1620 g/mol. The third-order valence-corrected chi connectivity index (χ3v) is 25.8. The predicted octanol–water partition coefficient (Wildman–Crippen LogP) is 13.3. The molecule has 2 aromatic carbocycles. The molecule has 8 amide bonds. The molecule has 4 aliphatic carbocycles. The van der Waals surface area contributed by atoms with E-state index < -0.39 is 133 Å². The van der Waals surface area contributed by atoms with E-state index in [1.807, 2.05) is 92.1 Å². The fraction of sp³-hybridized carbons (Fsp3) is 0.571. The Labute approximate surface area is 709 Å². The van der Waals surface area contributed by atoms with Gasteiger partial charge >= 0.3 is 19.9 Å². The van der Waals surface area contributed by atoms with Crippen LogP contribution in [0.1, 0.15) is 160 Å². The van der Waals surface area contributed by atoms with Crippen molar-refractivity contribution in [2.24, 2.45) is 22.7 Å². The van der Waals surface area contributed by atoms with Crippen molar-refractivity contribution >= 4 is 117 Å². The number of fused-ring (bicyclic) bond motifs is 2. The fourth-order valence-corrected chi connectivity index (χ4v) is 19.2. The fourth-order valence-electron chi connectivity index (χ4n) is 15.5. The third kappa shape index (κ3) is 22.1. The Morgan fingerprint density at radius 2 is 0.942 bits per heavy atom. The number of nitrogens with zero attached hydrogens (tertiary/aromatic N) is 6. The highest BCUT2D eigenvalue weighted by atomic mass is 32.1. The summed E-state index contributed by atoms with van der Waals surface area (Å²) in [5.41, 5.74) is -0.992. The Bertz CT molecular complexity index is 4890. The van der Waals surface area contributed by atoms with Crippen molar-refractivity contribution in [2.45, 2.75) is 232 Å². The minimum atomic E-state index is -4.07. The number of aromatic nitrogens is 4. The second-order valence-corrected chi connectivity index (χ2v) is 40.9. The summed E-state index contributed by atoms with van der Waals surface area (Å²) in [5.74, 6) is -2.44. The van der Waals surface area contributed by atoms with Gasteiger partial charge in [-0.25, -0.2) is 34.1 Å². The van der Waals surface area contributed by atoms with Gasteiger partial charge in [-0.1, -0.05) is 53.7 Å². The highest BCUT2D eigenvalue weighted by molar-refractivity contribution is 7.61. The number of nitrogens with one attached hydrogen (secondary N) is 8. The third-order valence-electron chi connectivity index (χ3n) is 21.8. The predicted molar refractivity (Wildman–Crippen MR) is 461 cm³/mol. The van der Waals surface area contributed by atoms with Crippen LogP contribution in [0.15, 0.2) is 84.6 Å². The molecule has 120 heavy (non-hydrogen) atoms. The molecule has 2 saturated heterocycles. The second-order valence-electron chi connectivity index (χ2n) is 34.5. The summed E-state index contributed by atoms with van der Waals surface area (Å²) < 4.78 is 72.6. The van der Waals surface area contributed by atoms with Crippen LogP contribution in [-0.4, -0.2) is 203 Å². The monoisotopic (exact) mass is 1730 g/mol. The van der Waals surface area contributed by atoms with E-state index in [2.05, 4.69) is 55.2 Å². The van der Waals surface area contributed by atoms with Crippen LogP contribution in [0.2, 0.25) is 0 Å². The van der Waals surface area contributed by atoms with Gasteiger partial charge in [0.2, 0.25) is 23.6 Å². The van der Waals surface area contributed by atoms with Crippen LogP contribution in [0, 0.1) is 22.7 Å². The highest BCUT2D eigenvalue weighted by Gasteiger charge is 2.63. The van der Waals surface area contributed by atoms with Gasteiger partial charge in [-0.15, -0.1) is 35.8 Å². The van der Waals surface area contributed by atoms with Gasteiger partial charge in [0.1, 0.15) is 94.0 Å². The van der Waals surface area contributed by atoms with E-state index in [9.17, 15) is 47.5 Å². The number of carbonyl (C=O) groups is 8. The number of thiazole rings is 2. The molecule has 0 unspecified atom stereocenters. The topological polar surface area (TPSA) is 399 Å². The first kappa shape index (κ1) is 91.3. The number of hydrogen-bond donors (Lipinski definition) is 8. The van der Waals surface area contributed by atoms with E-state index in [4.69, 9.17) is 57.4 Å². The maximum absolute atomic E-state index is 14.9. The summed E-state index contributed by atoms with van der Waals surface area (Å²) in [4.78, 5) is 135. The van der Waals surface area contributed by atoms with E-state index in [1.165, 1.54) is 51.9 Å². The first-order chi connectivity index (χ1) is 56.7. The molecule has 6 aliphatic rings. The van der Waals surface area contributed by atoms with Crippen molar-refractivity contribution in [1.82, 2.24) is 61.2 Å². The maximum Gasteiger partial charge on any atom is 0.434 e. The minimum absolute atomic E-state index is 0.00146. The van der Waals surface area contributed by atoms with Crippen LogP contribution in [0.5, 0.6) is 23.0 Å². The summed E-state index contributed by atoms with van der Waals surface area (Å²) in [6, 6.07) is 10.4. The van der Waals surface area contributed by atoms with Gasteiger partial charge in [0.05, 0.1) is 62.9 Å². The number of hydrogen-bond acceptors (Lipinski definition) is 26. The van der Waals surface area contributed by atoms with Crippen molar-refractivity contribution in [2.75, 3.05) is 64.5 Å². The average molecular weight is 1740 g/mol. The second kappa shape index (κ2) is 37.9. The number of alkyl carbamates (subject to hydrolysis) is 2. The Kier molecular flexibility index (Phi) is 28.8. The van der Waals surface area contributed by atoms with E-state index in [0.717, 1.165) is 61.6 Å². The Balaban J connectivity index is 0.000000235. The summed E-state index contributed by atoms with van der Waals surface area (Å²) in [6.45, 7) is 32.8. The molecule has 2 aliphatic heterocycles. The quantitative estimate of drug-likeness (QED) is 0.0144. The Morgan fingerprint density at radius 3 is 1.27 bits per heavy atom. The molecule has 4 saturated carbocycles. The van der Waals surface area contributed by atoms with Gasteiger partial charge in [-0.05, 0) is 141 Å². The molecule has 32 nitrogen and oxygen atoms in total. The summed E-state index contributed by atoms with van der Waals surface area (Å²) >= 11 is 2.91. The molecule has 4 aromatic heterocycles. The number of methoxy groups -OCH3 is 2. The zero-order valence-electron chi connectivity index (χ0n) is 71.3. The number of ether oxygens (including phenoxy) is 6. The number of pyridine rings is 2. The van der Waals surface area contributed by atoms with Gasteiger partial charge in [-0.3, -0.25) is 42.9 Å². The van der Waals surface area contributed by atoms with Crippen molar-refractivity contribution in [3.63, 3.8) is 0 Å². The molecule has 0 radical (unpaired) electrons. The van der Waals surface area contributed by atoms with Crippen molar-refractivity contribution in [3.05, 3.63) is 84.6 Å². The van der Waals surface area contributed by atoms with Crippen molar-refractivity contribution in [1.29, 1.82) is 0 Å². The molecule has 12 rings (SSSR count). The molecule has 6 fully saturated rings. The van der Waals surface area contributed by atoms with E-state index in [1.54, 1.807) is 70.5 Å². The lowest BCUT2D eigenvalue weighted by molar-refractivity contribution is -0.143. The lowest BCUT2D eigenvalue weighted by Gasteiger charge is -2.35. The lowest BCUT2D eigenvalue weighted by atomic mass is 9.85. The largest absolute Gasteiger partial charge is 0.497 e. The van der Waals surface area contributed by atoms with E-state index in [0.29, 0.717) is 67.6 Å². The van der Waals surface area contributed by atoms with E-state index in [-0.39, 0.29) is 76.3 Å². The van der Waals surface area contributed by atoms with Gasteiger partial charge in [-0.2, -0.15) is 0 Å². The van der Waals surface area contributed by atoms with Crippen LogP contribution < -0.4 is 61.0 Å². The smallest absolute Gasteiger partial charge is 0.434 e. The van der Waals surface area contributed by atoms with Gasteiger partial charge in [0, 0.05) is 95.9 Å². The van der Waals surface area contributed by atoms with Gasteiger partial charge in [0.25, 0.3) is 11.8 Å². The summed E-state index contributed by atoms with van der Waals surface area (Å²) in [6.07, 6.45) is 7.15. The lowest BCUT2D eigenvalue weighted by Crippen LogP contribution is -2.60. The van der Waals surface area contributed by atoms with Crippen molar-refractivity contribution < 1.29 is 85.0 Å². The van der Waals surface area contributed by atoms with Crippen LogP contribution >= 0.6 is 37.7 Å². The van der Waals surface area contributed by atoms with Gasteiger partial charge in [0.15, 0.2) is 17.6 Å². The molecule has 0 spiro atoms. The molecule has 8 N–H and O–H groups in total. The van der Waals surface area contributed by atoms with Crippen LogP contribution in [0.25, 0.3) is 44.6 Å². The van der Waals surface area contributed by atoms with Gasteiger partial charge < -0.3 is 79.8 Å². The normalized spacial score (nSPS) is 22.3. The first-order valence-electron chi connectivity index (χ1n) is 41.0. The number of benzene rings is 2. The average Bonchev–Trinajstić information content (AvgIpc) is 1.58. The Hall–Kier alpha value is -9.46. The minimum Gasteiger partial charge on any atom is -0.497 e. The van der Waals surface area contributed by atoms with E-state index >= 15 is 0 Å². The highest BCUT2D eigenvalue weighted by Crippen LogP contribution is 2.51. The van der Waals surface area contributed by atoms with Crippen molar-refractivity contribution in [3.8, 4) is 45.8 Å². The Morgan fingerprint density at radius 1 is 0.558 bits per heavy atom. The standard InChI is InChI=1S/C43H60N7O10PS.C41H56N7O8PS/c1-10-26-22-43(26,39(53)49-61(55,57-11-2)58-12-3)48-37(51)34-20-29(23-50(34)38(52)36(42(6,7)8)47-41(54)60-27-15-13-14-16-27)59-35-21-32(33-24-62-40(46-33)44-25(4)5)45-31-19-28(56-9)17-18-30(31)35;1-10-24-20-41(24,37(51)47-57(8,9)53)46-35(49)32-18-27(21-48(32)36(50)34(40(4,5)6)45-39(52)56-25-13-11-12-14-25)55-33-19-30(31-22-58-38(44-31)42-23(2)3)43-29-17-26(54-7)15-16-28(29)33/h10,17-19,21,24-27,29,34,36H,1,11-16,20,22-23H2,2-9H3,(H,44,46)(H,47,54)(H,48,51)(H,49,53,55);10,15-17,19,22-25,27,32,34H,1,11-14,18,20-21H2,2-9H3,(H,42,44)(H,45,52)(H,46,49)(H,47,51,53)/t26-,29-,34+,36-,43-;24-,27-,32+,34-,41-/m11/s1. The summed E-state index contributed by atoms with van der Waals surface area (Å²) in [5, 5.41) is 29.7. The number of anilines is 2. The van der Waals surface area contributed by atoms with Crippen LogP contribution in [-0.2, 0) is 56.4 Å². The SMILES string of the molecule is C=C[C@@H]1C[C@]1(NC(=O)[C@@H]1C[C@@H](Oc2cc(-c3csc(NC(C)C)n3)nc3cc(OC)ccc23)CN1C(=O)[C@@H](NC(=O)OC1CCCC1)C(C)(C)C)C(=O)NP(=O)(OCC)OCC.C=C[C@@H]1C[C@]1(NC(=O)[C@@H]1C[C@@H](Oc2cc(-c3csc(NC(C)C)n3)nc3cc(OC)ccc23)CN1C(=O)[C@@H](NC(=O)OC1CCCC1)C(C)(C)C)C(=O)NP(C)(C)=O. The molecular formula is C84H116N14O18P2S2. The summed E-state index contributed by atoms with van der Waals surface area (Å²) in [7, 11) is -3.94. The molecule has 36 heteroatoms. The zero-order chi connectivity index (χ0) is 87.1. The zero-order valence-corrected chi connectivity index (χ0v) is 74.7. The molecule has 652 valence electrons. The number of amides is 8. The molecule has 10 atom stereocenters. The molecule has 6 aromatic rings. The molecule has 6 heterocycles. The van der Waals surface area contributed by atoms with Crippen LogP contribution in [0.3, 0.4) is 0 Å². The number of rotatable bonds is 32. The number of carbonyl (C=O) groups excluding carboxylic acids is 8. The number of likely N-dealkylation sites (tertiary alicyclic amines) is 2. The molecule has 0 bridgehead atoms.